The van der Waals surface area contributed by atoms with E-state index in [1.54, 1.807) is 6.92 Å². The van der Waals surface area contributed by atoms with Crippen molar-refractivity contribution in [3.8, 4) is 0 Å². The van der Waals surface area contributed by atoms with Gasteiger partial charge in [-0.3, -0.25) is 0 Å². The molecule has 0 saturated heterocycles. The summed E-state index contributed by atoms with van der Waals surface area (Å²) in [6.45, 7) is 5.34. The van der Waals surface area contributed by atoms with E-state index in [0.29, 0.717) is 6.42 Å². The van der Waals surface area contributed by atoms with Crippen LogP contribution < -0.4 is 0 Å². The quantitative estimate of drug-likeness (QED) is 0.448. The van der Waals surface area contributed by atoms with E-state index in [-0.39, 0.29) is 12.5 Å². The lowest BCUT2D eigenvalue weighted by atomic mass is 10.1. The molecule has 0 fully saturated rings. The lowest BCUT2D eigenvalue weighted by molar-refractivity contribution is -0.110. The average molecular weight is 128 g/mol. The van der Waals surface area contributed by atoms with Crippen molar-refractivity contribution in [1.29, 1.82) is 0 Å². The molecule has 0 aromatic rings. The maximum Gasteiger partial charge on any atom is 0.123 e. The highest BCUT2D eigenvalue weighted by Gasteiger charge is 2.00. The average Bonchev–Trinajstić information content (AvgIpc) is 1.87. The third-order valence-electron chi connectivity index (χ3n) is 1.07. The lowest BCUT2D eigenvalue weighted by Crippen LogP contribution is -1.99. The van der Waals surface area contributed by atoms with Crippen molar-refractivity contribution in [2.24, 2.45) is 5.92 Å². The minimum Gasteiger partial charge on any atom is -0.392 e. The lowest BCUT2D eigenvalue weighted by Gasteiger charge is -2.02. The van der Waals surface area contributed by atoms with E-state index >= 15 is 0 Å². The van der Waals surface area contributed by atoms with Crippen LogP contribution in [0.1, 0.15) is 13.3 Å². The van der Waals surface area contributed by atoms with Gasteiger partial charge in [0.05, 0.1) is 6.61 Å². The first-order valence-electron chi connectivity index (χ1n) is 2.93. The highest BCUT2D eigenvalue weighted by atomic mass is 16.3. The summed E-state index contributed by atoms with van der Waals surface area (Å²) in [6, 6.07) is 0. The van der Waals surface area contributed by atoms with Gasteiger partial charge in [0.2, 0.25) is 0 Å². The molecule has 1 N–H and O–H groups in total. The van der Waals surface area contributed by atoms with Crippen LogP contribution >= 0.6 is 0 Å². The summed E-state index contributed by atoms with van der Waals surface area (Å²) in [4.78, 5) is 10.0. The van der Waals surface area contributed by atoms with E-state index in [2.05, 4.69) is 6.58 Å². The van der Waals surface area contributed by atoms with Gasteiger partial charge in [0, 0.05) is 5.92 Å². The van der Waals surface area contributed by atoms with Crippen LogP contribution in [0.25, 0.3) is 0 Å². The molecule has 0 saturated carbocycles. The molecule has 0 unspecified atom stereocenters. The smallest absolute Gasteiger partial charge is 0.123 e. The summed E-state index contributed by atoms with van der Waals surface area (Å²) >= 11 is 0. The molecule has 9 heavy (non-hydrogen) atoms. The molecule has 2 heteroatoms. The fourth-order valence-electron chi connectivity index (χ4n) is 0.568. The van der Waals surface area contributed by atoms with E-state index in [1.165, 1.54) is 0 Å². The minimum absolute atomic E-state index is 0.00958. The maximum atomic E-state index is 10.0. The standard InChI is InChI=1S/C7H12O2/c1-6(4-8)3-7(2)5-9/h5,7-8H,1,3-4H2,2H3/t7-/m1/s1. The van der Waals surface area contributed by atoms with Gasteiger partial charge in [0.25, 0.3) is 0 Å². The Hall–Kier alpha value is -0.630. The van der Waals surface area contributed by atoms with Gasteiger partial charge in [0.1, 0.15) is 6.29 Å². The molecule has 0 aromatic heterocycles. The highest BCUT2D eigenvalue weighted by Crippen LogP contribution is 2.05. The van der Waals surface area contributed by atoms with Gasteiger partial charge >= 0.3 is 0 Å². The van der Waals surface area contributed by atoms with Crippen LogP contribution in [0.15, 0.2) is 12.2 Å². The fourth-order valence-corrected chi connectivity index (χ4v) is 0.568. The number of aliphatic hydroxyl groups excluding tert-OH is 1. The van der Waals surface area contributed by atoms with Crippen LogP contribution in [-0.2, 0) is 4.79 Å². The first-order chi connectivity index (χ1) is 4.20. The van der Waals surface area contributed by atoms with Crippen molar-refractivity contribution in [1.82, 2.24) is 0 Å². The fraction of sp³-hybridized carbons (Fsp3) is 0.571. The molecular weight excluding hydrogens is 116 g/mol. The first kappa shape index (κ1) is 8.37. The van der Waals surface area contributed by atoms with Crippen molar-refractivity contribution in [3.05, 3.63) is 12.2 Å². The third-order valence-corrected chi connectivity index (χ3v) is 1.07. The Morgan fingerprint density at radius 1 is 1.89 bits per heavy atom. The van der Waals surface area contributed by atoms with Crippen LogP contribution in [0.3, 0.4) is 0 Å². The molecule has 52 valence electrons. The molecule has 0 aliphatic rings. The third kappa shape index (κ3) is 3.91. The second kappa shape index (κ2) is 4.27. The van der Waals surface area contributed by atoms with E-state index in [4.69, 9.17) is 5.11 Å². The van der Waals surface area contributed by atoms with Crippen LogP contribution in [0.5, 0.6) is 0 Å². The van der Waals surface area contributed by atoms with Gasteiger partial charge in [0.15, 0.2) is 0 Å². The van der Waals surface area contributed by atoms with Gasteiger partial charge in [-0.1, -0.05) is 19.1 Å². The SMILES string of the molecule is C=C(CO)C[C@@H](C)C=O. The van der Waals surface area contributed by atoms with Crippen molar-refractivity contribution < 1.29 is 9.90 Å². The van der Waals surface area contributed by atoms with E-state index < -0.39 is 0 Å². The molecule has 0 rings (SSSR count). The van der Waals surface area contributed by atoms with E-state index in [9.17, 15) is 4.79 Å². The zero-order valence-corrected chi connectivity index (χ0v) is 5.63. The highest BCUT2D eigenvalue weighted by molar-refractivity contribution is 5.53. The number of hydrogen-bond acceptors (Lipinski definition) is 2. The zero-order valence-electron chi connectivity index (χ0n) is 5.63. The monoisotopic (exact) mass is 128 g/mol. The predicted molar refractivity (Wildman–Crippen MR) is 36.1 cm³/mol. The Morgan fingerprint density at radius 3 is 2.78 bits per heavy atom. The van der Waals surface area contributed by atoms with Crippen LogP contribution in [0.4, 0.5) is 0 Å². The first-order valence-corrected chi connectivity index (χ1v) is 2.93. The summed E-state index contributed by atoms with van der Waals surface area (Å²) in [6.07, 6.45) is 1.46. The minimum atomic E-state index is -0.0157. The van der Waals surface area contributed by atoms with Crippen molar-refractivity contribution >= 4 is 6.29 Å². The molecule has 0 aromatic carbocycles. The van der Waals surface area contributed by atoms with Crippen molar-refractivity contribution in [3.63, 3.8) is 0 Å². The number of hydrogen-bond donors (Lipinski definition) is 1. The normalized spacial score (nSPS) is 12.7. The molecule has 0 radical (unpaired) electrons. The second-order valence-corrected chi connectivity index (χ2v) is 2.23. The molecule has 0 bridgehead atoms. The summed E-state index contributed by atoms with van der Waals surface area (Å²) in [7, 11) is 0. The van der Waals surface area contributed by atoms with Crippen LogP contribution in [-0.4, -0.2) is 18.0 Å². The summed E-state index contributed by atoms with van der Waals surface area (Å²) in [5.41, 5.74) is 0.717. The Kier molecular flexibility index (Phi) is 3.97. The van der Waals surface area contributed by atoms with Gasteiger partial charge in [-0.2, -0.15) is 0 Å². The van der Waals surface area contributed by atoms with Crippen LogP contribution in [0.2, 0.25) is 0 Å². The summed E-state index contributed by atoms with van der Waals surface area (Å²) < 4.78 is 0. The van der Waals surface area contributed by atoms with E-state index in [1.807, 2.05) is 0 Å². The molecule has 0 amide bonds. The molecule has 0 aliphatic carbocycles. The predicted octanol–water partition coefficient (Wildman–Crippen LogP) is 0.760. The topological polar surface area (TPSA) is 37.3 Å². The number of carbonyl (C=O) groups excluding carboxylic acids is 1. The van der Waals surface area contributed by atoms with Gasteiger partial charge in [-0.05, 0) is 6.42 Å². The van der Waals surface area contributed by atoms with Gasteiger partial charge < -0.3 is 9.90 Å². The van der Waals surface area contributed by atoms with Crippen LogP contribution in [0, 0.1) is 5.92 Å². The van der Waals surface area contributed by atoms with Gasteiger partial charge in [-0.25, -0.2) is 0 Å². The Balaban J connectivity index is 3.46. The number of aldehydes is 1. The van der Waals surface area contributed by atoms with E-state index in [0.717, 1.165) is 11.9 Å². The van der Waals surface area contributed by atoms with Gasteiger partial charge in [-0.15, -0.1) is 0 Å². The number of aliphatic hydroxyl groups is 1. The largest absolute Gasteiger partial charge is 0.392 e. The number of carbonyl (C=O) groups is 1. The molecule has 0 heterocycles. The molecule has 0 aliphatic heterocycles. The summed E-state index contributed by atoms with van der Waals surface area (Å²) in [5.74, 6) is -0.00958. The molecule has 2 nitrogen and oxygen atoms in total. The molecule has 0 spiro atoms. The Bertz CT molecular complexity index is 107. The Morgan fingerprint density at radius 2 is 2.44 bits per heavy atom. The number of rotatable bonds is 4. The Labute approximate surface area is 55.2 Å². The van der Waals surface area contributed by atoms with Crippen molar-refractivity contribution in [2.45, 2.75) is 13.3 Å². The molecular formula is C7H12O2. The summed E-state index contributed by atoms with van der Waals surface area (Å²) in [5, 5.41) is 8.46. The molecule has 1 atom stereocenters. The zero-order chi connectivity index (χ0) is 7.28. The maximum absolute atomic E-state index is 10.0. The van der Waals surface area contributed by atoms with Crippen molar-refractivity contribution in [2.75, 3.05) is 6.61 Å². The second-order valence-electron chi connectivity index (χ2n) is 2.23.